The molecule has 0 aliphatic heterocycles. The highest BCUT2D eigenvalue weighted by Gasteiger charge is 2.19. The van der Waals surface area contributed by atoms with Gasteiger partial charge in [0.05, 0.1) is 12.8 Å². The molecule has 0 amide bonds. The smallest absolute Gasteiger partial charge is 0.222 e. The number of ether oxygens (including phenoxy) is 1. The fourth-order valence-electron chi connectivity index (χ4n) is 3.56. The second kappa shape index (κ2) is 5.88. The van der Waals surface area contributed by atoms with E-state index in [0.717, 1.165) is 44.2 Å². The number of hydrogen-bond donors (Lipinski definition) is 3. The Balaban J connectivity index is 2.14. The number of nitrogens with two attached hydrogens (primary N) is 2. The first-order chi connectivity index (χ1) is 12.9. The number of nitriles is 1. The van der Waals surface area contributed by atoms with Gasteiger partial charge >= 0.3 is 0 Å². The van der Waals surface area contributed by atoms with Crippen molar-refractivity contribution >= 4 is 33.6 Å². The maximum atomic E-state index is 9.55. The second-order valence-corrected chi connectivity index (χ2v) is 6.45. The highest BCUT2D eigenvalue weighted by Crippen LogP contribution is 2.38. The molecule has 4 rings (SSSR count). The van der Waals surface area contributed by atoms with Crippen LogP contribution in [-0.4, -0.2) is 22.1 Å². The number of nitrogen functional groups attached to an aromatic ring is 2. The molecule has 7 nitrogen and oxygen atoms in total. The van der Waals surface area contributed by atoms with E-state index in [4.69, 9.17) is 16.2 Å². The lowest BCUT2D eigenvalue weighted by atomic mass is 9.94. The number of benzene rings is 2. The van der Waals surface area contributed by atoms with Crippen LogP contribution in [0.4, 0.5) is 11.8 Å². The van der Waals surface area contributed by atoms with Crippen molar-refractivity contribution in [1.82, 2.24) is 15.0 Å². The lowest BCUT2D eigenvalue weighted by Crippen LogP contribution is -2.05. The van der Waals surface area contributed by atoms with Gasteiger partial charge in [-0.1, -0.05) is 0 Å². The van der Waals surface area contributed by atoms with E-state index in [1.807, 2.05) is 38.1 Å². The molecule has 0 aliphatic rings. The SMILES string of the molecule is COc1ccc2[nH]c3c(C)cc(-c4nc(N)nc(N)c4C#N)c(C)c3c2c1. The van der Waals surface area contributed by atoms with E-state index in [9.17, 15) is 5.26 Å². The average Bonchev–Trinajstić information content (AvgIpc) is 3.03. The maximum Gasteiger partial charge on any atom is 0.222 e. The fourth-order valence-corrected chi connectivity index (χ4v) is 3.56. The molecule has 0 unspecified atom stereocenters. The highest BCUT2D eigenvalue weighted by molar-refractivity contribution is 6.12. The Morgan fingerprint density at radius 1 is 1.15 bits per heavy atom. The summed E-state index contributed by atoms with van der Waals surface area (Å²) < 4.78 is 5.38. The molecule has 0 saturated heterocycles. The Morgan fingerprint density at radius 2 is 1.93 bits per heavy atom. The second-order valence-electron chi connectivity index (χ2n) is 6.45. The zero-order valence-electron chi connectivity index (χ0n) is 15.2. The number of aromatic nitrogens is 3. The molecule has 0 radical (unpaired) electrons. The third kappa shape index (κ3) is 2.42. The molecule has 0 saturated carbocycles. The minimum absolute atomic E-state index is 0.0410. The Bertz CT molecular complexity index is 1270. The topological polar surface area (TPSA) is 127 Å². The summed E-state index contributed by atoms with van der Waals surface area (Å²) in [6.45, 7) is 4.01. The fraction of sp³-hybridized carbons (Fsp3) is 0.150. The summed E-state index contributed by atoms with van der Waals surface area (Å²) in [5.41, 5.74) is 17.2. The quantitative estimate of drug-likeness (QED) is 0.504. The minimum Gasteiger partial charge on any atom is -0.497 e. The number of nitrogens with one attached hydrogen (secondary N) is 1. The predicted molar refractivity (Wildman–Crippen MR) is 106 cm³/mol. The first kappa shape index (κ1) is 16.7. The van der Waals surface area contributed by atoms with Gasteiger partial charge in [-0.2, -0.15) is 10.2 Å². The largest absolute Gasteiger partial charge is 0.497 e. The van der Waals surface area contributed by atoms with Gasteiger partial charge in [-0.15, -0.1) is 0 Å². The van der Waals surface area contributed by atoms with E-state index in [0.29, 0.717) is 5.69 Å². The van der Waals surface area contributed by atoms with Crippen molar-refractivity contribution in [3.05, 3.63) is 41.0 Å². The van der Waals surface area contributed by atoms with E-state index in [2.05, 4.69) is 21.0 Å². The number of nitrogens with zero attached hydrogens (tertiary/aromatic N) is 3. The van der Waals surface area contributed by atoms with E-state index in [1.54, 1.807) is 7.11 Å². The molecule has 0 bridgehead atoms. The maximum absolute atomic E-state index is 9.55. The number of hydrogen-bond acceptors (Lipinski definition) is 6. The summed E-state index contributed by atoms with van der Waals surface area (Å²) in [6, 6.07) is 10.0. The standard InChI is InChI=1S/C20H18N6O/c1-9-6-12(18-14(8-21)19(22)26-20(23)25-18)10(2)16-13-7-11(27-3)4-5-15(13)24-17(9)16/h4-7,24H,1-3H3,(H4,22,23,25,26). The number of methoxy groups -OCH3 is 1. The zero-order chi connectivity index (χ0) is 19.3. The van der Waals surface area contributed by atoms with Crippen LogP contribution in [0.5, 0.6) is 5.75 Å². The number of rotatable bonds is 2. The van der Waals surface area contributed by atoms with E-state index < -0.39 is 0 Å². The summed E-state index contributed by atoms with van der Waals surface area (Å²) in [5, 5.41) is 11.6. The molecule has 0 spiro atoms. The number of fused-ring (bicyclic) bond motifs is 3. The van der Waals surface area contributed by atoms with E-state index >= 15 is 0 Å². The molecule has 2 aromatic heterocycles. The summed E-state index contributed by atoms with van der Waals surface area (Å²) >= 11 is 0. The van der Waals surface area contributed by atoms with Crippen molar-refractivity contribution in [3.8, 4) is 23.1 Å². The van der Waals surface area contributed by atoms with Gasteiger partial charge in [0.15, 0.2) is 0 Å². The molecule has 5 N–H and O–H groups in total. The summed E-state index contributed by atoms with van der Waals surface area (Å²) in [4.78, 5) is 11.7. The van der Waals surface area contributed by atoms with Gasteiger partial charge in [0.1, 0.15) is 23.2 Å². The van der Waals surface area contributed by atoms with Gasteiger partial charge in [-0.3, -0.25) is 0 Å². The van der Waals surface area contributed by atoms with Crippen molar-refractivity contribution in [3.63, 3.8) is 0 Å². The van der Waals surface area contributed by atoms with Crippen molar-refractivity contribution in [2.24, 2.45) is 0 Å². The predicted octanol–water partition coefficient (Wildman–Crippen LogP) is 3.44. The van der Waals surface area contributed by atoms with Gasteiger partial charge in [0, 0.05) is 27.4 Å². The van der Waals surface area contributed by atoms with Crippen LogP contribution in [0.15, 0.2) is 24.3 Å². The van der Waals surface area contributed by atoms with Crippen LogP contribution >= 0.6 is 0 Å². The van der Waals surface area contributed by atoms with Gasteiger partial charge in [-0.05, 0) is 49.2 Å². The first-order valence-electron chi connectivity index (χ1n) is 8.37. The van der Waals surface area contributed by atoms with Gasteiger partial charge in [-0.25, -0.2) is 4.98 Å². The summed E-state index contributed by atoms with van der Waals surface area (Å²) in [7, 11) is 1.64. The Hall–Kier alpha value is -3.79. The summed E-state index contributed by atoms with van der Waals surface area (Å²) in [5.74, 6) is 0.899. The molecule has 4 aromatic rings. The molecule has 27 heavy (non-hydrogen) atoms. The van der Waals surface area contributed by atoms with Crippen LogP contribution < -0.4 is 16.2 Å². The average molecular weight is 358 g/mol. The molecule has 2 heterocycles. The van der Waals surface area contributed by atoms with Crippen molar-refractivity contribution < 1.29 is 4.74 Å². The van der Waals surface area contributed by atoms with E-state index in [-0.39, 0.29) is 17.3 Å². The number of aromatic amines is 1. The third-order valence-corrected chi connectivity index (χ3v) is 4.86. The minimum atomic E-state index is 0.0410. The number of H-pyrrole nitrogens is 1. The molecule has 134 valence electrons. The Kier molecular flexibility index (Phi) is 3.63. The highest BCUT2D eigenvalue weighted by atomic mass is 16.5. The molecule has 7 heteroatoms. The van der Waals surface area contributed by atoms with Crippen molar-refractivity contribution in [1.29, 1.82) is 5.26 Å². The monoisotopic (exact) mass is 358 g/mol. The molecule has 0 atom stereocenters. The lowest BCUT2D eigenvalue weighted by molar-refractivity contribution is 0.415. The third-order valence-electron chi connectivity index (χ3n) is 4.86. The zero-order valence-corrected chi connectivity index (χ0v) is 15.2. The molecule has 0 fully saturated rings. The molecular formula is C20H18N6O. The van der Waals surface area contributed by atoms with Gasteiger partial charge < -0.3 is 21.2 Å². The first-order valence-corrected chi connectivity index (χ1v) is 8.37. The van der Waals surface area contributed by atoms with Crippen LogP contribution in [0, 0.1) is 25.2 Å². The molecule has 0 aliphatic carbocycles. The van der Waals surface area contributed by atoms with Crippen LogP contribution in [0.3, 0.4) is 0 Å². The molecular weight excluding hydrogens is 340 g/mol. The Labute approximate surface area is 155 Å². The normalized spacial score (nSPS) is 11.0. The van der Waals surface area contributed by atoms with Gasteiger partial charge in [0.2, 0.25) is 5.95 Å². The Morgan fingerprint density at radius 3 is 2.63 bits per heavy atom. The number of aryl methyl sites for hydroxylation is 2. The lowest BCUT2D eigenvalue weighted by Gasteiger charge is -2.12. The van der Waals surface area contributed by atoms with Gasteiger partial charge in [0.25, 0.3) is 0 Å². The van der Waals surface area contributed by atoms with Crippen LogP contribution in [-0.2, 0) is 0 Å². The number of anilines is 2. The van der Waals surface area contributed by atoms with Crippen LogP contribution in [0.25, 0.3) is 33.1 Å². The van der Waals surface area contributed by atoms with Crippen molar-refractivity contribution in [2.75, 3.05) is 18.6 Å². The van der Waals surface area contributed by atoms with Crippen LogP contribution in [0.1, 0.15) is 16.7 Å². The van der Waals surface area contributed by atoms with Crippen LogP contribution in [0.2, 0.25) is 0 Å². The molecule has 2 aromatic carbocycles. The van der Waals surface area contributed by atoms with Crippen molar-refractivity contribution in [2.45, 2.75) is 13.8 Å². The summed E-state index contributed by atoms with van der Waals surface area (Å²) in [6.07, 6.45) is 0. The van der Waals surface area contributed by atoms with E-state index in [1.165, 1.54) is 0 Å².